The van der Waals surface area contributed by atoms with Crippen LogP contribution in [0.2, 0.25) is 0 Å². The molecule has 0 radical (unpaired) electrons. The molecule has 2 saturated heterocycles. The van der Waals surface area contributed by atoms with Gasteiger partial charge in [0, 0.05) is 45.2 Å². The van der Waals surface area contributed by atoms with Crippen molar-refractivity contribution in [3.63, 3.8) is 0 Å². The molecule has 1 amide bonds. The Bertz CT molecular complexity index is 510. The third kappa shape index (κ3) is 3.16. The van der Waals surface area contributed by atoms with Gasteiger partial charge < -0.3 is 4.90 Å². The van der Waals surface area contributed by atoms with Crippen molar-refractivity contribution >= 4 is 16.1 Å². The van der Waals surface area contributed by atoms with E-state index in [1.165, 1.54) is 0 Å². The normalized spacial score (nSPS) is 29.3. The van der Waals surface area contributed by atoms with E-state index in [0.717, 1.165) is 32.1 Å². The summed E-state index contributed by atoms with van der Waals surface area (Å²) in [6.07, 6.45) is 5.21. The van der Waals surface area contributed by atoms with Gasteiger partial charge in [0.2, 0.25) is 5.91 Å². The zero-order chi connectivity index (χ0) is 15.7. The summed E-state index contributed by atoms with van der Waals surface area (Å²) in [4.78, 5) is 14.1. The average Bonchev–Trinajstić information content (AvgIpc) is 2.45. The minimum atomic E-state index is -3.35. The minimum Gasteiger partial charge on any atom is -0.340 e. The number of piperazine rings is 1. The number of rotatable bonds is 3. The van der Waals surface area contributed by atoms with Gasteiger partial charge in [-0.1, -0.05) is 13.3 Å². The lowest BCUT2D eigenvalue weighted by Gasteiger charge is -2.40. The summed E-state index contributed by atoms with van der Waals surface area (Å²) >= 11 is 0. The molecule has 3 fully saturated rings. The van der Waals surface area contributed by atoms with Crippen LogP contribution in [-0.4, -0.2) is 67.1 Å². The summed E-state index contributed by atoms with van der Waals surface area (Å²) in [5.74, 6) is 0.867. The Hall–Kier alpha value is -0.660. The number of piperidine rings is 1. The van der Waals surface area contributed by atoms with Gasteiger partial charge in [0.05, 0.1) is 0 Å². The highest BCUT2D eigenvalue weighted by Crippen LogP contribution is 2.29. The molecule has 3 aliphatic rings. The van der Waals surface area contributed by atoms with E-state index in [0.29, 0.717) is 45.2 Å². The lowest BCUT2D eigenvalue weighted by Crippen LogP contribution is -2.56. The zero-order valence-electron chi connectivity index (χ0n) is 13.4. The second kappa shape index (κ2) is 6.45. The van der Waals surface area contributed by atoms with Gasteiger partial charge in [0.1, 0.15) is 0 Å². The Morgan fingerprint density at radius 1 is 0.909 bits per heavy atom. The number of carbonyl (C=O) groups excluding carboxylic acids is 1. The zero-order valence-corrected chi connectivity index (χ0v) is 14.2. The first-order valence-electron chi connectivity index (χ1n) is 8.52. The molecule has 1 saturated carbocycles. The van der Waals surface area contributed by atoms with E-state index >= 15 is 0 Å². The number of hydrogen-bond acceptors (Lipinski definition) is 3. The molecule has 3 rings (SSSR count). The Balaban J connectivity index is 1.56. The second-order valence-corrected chi connectivity index (χ2v) is 8.89. The fourth-order valence-corrected chi connectivity index (χ4v) is 5.33. The van der Waals surface area contributed by atoms with E-state index in [9.17, 15) is 13.2 Å². The number of amides is 1. The van der Waals surface area contributed by atoms with Crippen LogP contribution in [0.3, 0.4) is 0 Å². The predicted octanol–water partition coefficient (Wildman–Crippen LogP) is 0.907. The van der Waals surface area contributed by atoms with Crippen molar-refractivity contribution in [1.29, 1.82) is 0 Å². The fourth-order valence-electron chi connectivity index (χ4n) is 3.57. The van der Waals surface area contributed by atoms with Crippen LogP contribution < -0.4 is 0 Å². The van der Waals surface area contributed by atoms with Crippen LogP contribution >= 0.6 is 0 Å². The average molecular weight is 329 g/mol. The first kappa shape index (κ1) is 16.2. The molecule has 0 aromatic heterocycles. The van der Waals surface area contributed by atoms with Crippen molar-refractivity contribution in [2.75, 3.05) is 39.3 Å². The van der Waals surface area contributed by atoms with Gasteiger partial charge in [0.25, 0.3) is 10.2 Å². The van der Waals surface area contributed by atoms with Gasteiger partial charge in [-0.2, -0.15) is 17.0 Å². The summed E-state index contributed by atoms with van der Waals surface area (Å²) in [6, 6.07) is 0. The SMILES string of the molecule is C[C@H]1CCCN(S(=O)(=O)N2CCN(C(=O)C3CCC3)CC2)C1. The lowest BCUT2D eigenvalue weighted by atomic mass is 9.84. The third-order valence-electron chi connectivity index (χ3n) is 5.28. The molecule has 2 aliphatic heterocycles. The van der Waals surface area contributed by atoms with Gasteiger partial charge in [-0.25, -0.2) is 0 Å². The highest BCUT2D eigenvalue weighted by Gasteiger charge is 2.37. The molecule has 0 aromatic rings. The standard InChI is InChI=1S/C15H27N3O3S/c1-13-4-3-7-18(12-13)22(20,21)17-10-8-16(9-11-17)15(19)14-5-2-6-14/h13-14H,2-12H2,1H3/t13-/m0/s1. The largest absolute Gasteiger partial charge is 0.340 e. The van der Waals surface area contributed by atoms with Crippen LogP contribution in [0.25, 0.3) is 0 Å². The Kier molecular flexibility index (Phi) is 4.75. The Morgan fingerprint density at radius 3 is 2.14 bits per heavy atom. The molecule has 0 unspecified atom stereocenters. The smallest absolute Gasteiger partial charge is 0.282 e. The van der Waals surface area contributed by atoms with Gasteiger partial charge in [0.15, 0.2) is 0 Å². The molecule has 126 valence electrons. The minimum absolute atomic E-state index is 0.200. The van der Waals surface area contributed by atoms with Gasteiger partial charge in [-0.15, -0.1) is 0 Å². The van der Waals surface area contributed by atoms with Crippen LogP contribution in [0.1, 0.15) is 39.0 Å². The van der Waals surface area contributed by atoms with Crippen molar-refractivity contribution in [1.82, 2.24) is 13.5 Å². The maximum Gasteiger partial charge on any atom is 0.282 e. The Morgan fingerprint density at radius 2 is 1.59 bits per heavy atom. The van der Waals surface area contributed by atoms with Crippen molar-refractivity contribution < 1.29 is 13.2 Å². The maximum absolute atomic E-state index is 12.7. The van der Waals surface area contributed by atoms with Gasteiger partial charge >= 0.3 is 0 Å². The molecule has 1 atom stereocenters. The van der Waals surface area contributed by atoms with Crippen LogP contribution in [-0.2, 0) is 15.0 Å². The molecule has 0 aromatic carbocycles. The highest BCUT2D eigenvalue weighted by molar-refractivity contribution is 7.86. The van der Waals surface area contributed by atoms with Gasteiger partial charge in [-0.3, -0.25) is 4.79 Å². The maximum atomic E-state index is 12.7. The molecule has 2 heterocycles. The van der Waals surface area contributed by atoms with Crippen molar-refractivity contribution in [3.05, 3.63) is 0 Å². The molecular formula is C15H27N3O3S. The van der Waals surface area contributed by atoms with E-state index < -0.39 is 10.2 Å². The second-order valence-electron chi connectivity index (χ2n) is 6.97. The van der Waals surface area contributed by atoms with E-state index in [2.05, 4.69) is 6.92 Å². The molecule has 22 heavy (non-hydrogen) atoms. The topological polar surface area (TPSA) is 60.9 Å². The van der Waals surface area contributed by atoms with Gasteiger partial charge in [-0.05, 0) is 31.6 Å². The molecule has 1 aliphatic carbocycles. The number of hydrogen-bond donors (Lipinski definition) is 0. The van der Waals surface area contributed by atoms with Crippen molar-refractivity contribution in [2.45, 2.75) is 39.0 Å². The number of carbonyl (C=O) groups is 1. The molecule has 7 heteroatoms. The fraction of sp³-hybridized carbons (Fsp3) is 0.933. The van der Waals surface area contributed by atoms with E-state index in [-0.39, 0.29) is 11.8 Å². The molecule has 6 nitrogen and oxygen atoms in total. The first-order chi connectivity index (χ1) is 10.5. The lowest BCUT2D eigenvalue weighted by molar-refractivity contribution is -0.139. The molecule has 0 bridgehead atoms. The van der Waals surface area contributed by atoms with Crippen LogP contribution in [0.15, 0.2) is 0 Å². The van der Waals surface area contributed by atoms with Crippen molar-refractivity contribution in [3.8, 4) is 0 Å². The quantitative estimate of drug-likeness (QED) is 0.773. The summed E-state index contributed by atoms with van der Waals surface area (Å²) in [5, 5.41) is 0. The van der Waals surface area contributed by atoms with E-state index in [1.54, 1.807) is 8.61 Å². The summed E-state index contributed by atoms with van der Waals surface area (Å²) in [6.45, 7) is 5.32. The molecular weight excluding hydrogens is 302 g/mol. The summed E-state index contributed by atoms with van der Waals surface area (Å²) in [5.41, 5.74) is 0. The first-order valence-corrected chi connectivity index (χ1v) is 9.92. The summed E-state index contributed by atoms with van der Waals surface area (Å²) in [7, 11) is -3.35. The van der Waals surface area contributed by atoms with Crippen molar-refractivity contribution in [2.24, 2.45) is 11.8 Å². The third-order valence-corrected chi connectivity index (χ3v) is 7.28. The molecule has 0 spiro atoms. The van der Waals surface area contributed by atoms with Crippen LogP contribution in [0.5, 0.6) is 0 Å². The monoisotopic (exact) mass is 329 g/mol. The highest BCUT2D eigenvalue weighted by atomic mass is 32.2. The van der Waals surface area contributed by atoms with E-state index in [1.807, 2.05) is 4.90 Å². The number of nitrogens with zero attached hydrogens (tertiary/aromatic N) is 3. The molecule has 0 N–H and O–H groups in total. The predicted molar refractivity (Wildman–Crippen MR) is 84.4 cm³/mol. The van der Waals surface area contributed by atoms with Crippen LogP contribution in [0, 0.1) is 11.8 Å². The Labute approximate surface area is 133 Å². The summed E-state index contributed by atoms with van der Waals surface area (Å²) < 4.78 is 28.6. The van der Waals surface area contributed by atoms with Crippen LogP contribution in [0.4, 0.5) is 0 Å². The van der Waals surface area contributed by atoms with E-state index in [4.69, 9.17) is 0 Å².